The summed E-state index contributed by atoms with van der Waals surface area (Å²) in [6.45, 7) is 1.61. The van der Waals surface area contributed by atoms with Gasteiger partial charge in [0.1, 0.15) is 0 Å². The lowest BCUT2D eigenvalue weighted by atomic mass is 10.0. The first-order valence-electron chi connectivity index (χ1n) is 8.26. The van der Waals surface area contributed by atoms with Gasteiger partial charge in [-0.3, -0.25) is 9.59 Å². The first kappa shape index (κ1) is 16.4. The van der Waals surface area contributed by atoms with E-state index in [1.54, 1.807) is 12.1 Å². The fraction of sp³-hybridized carbons (Fsp3) is 0.300. The summed E-state index contributed by atoms with van der Waals surface area (Å²) in [5.41, 5.74) is 1.73. The Hall–Kier alpha value is -2.46. The van der Waals surface area contributed by atoms with Gasteiger partial charge in [0.15, 0.2) is 5.78 Å². The second-order valence-corrected chi connectivity index (χ2v) is 5.88. The number of carbonyl (C=O) groups excluding carboxylic acids is 2. The topological polar surface area (TPSA) is 46.6 Å². The highest BCUT2D eigenvalue weighted by Crippen LogP contribution is 2.25. The molecule has 1 fully saturated rings. The minimum Gasteiger partial charge on any atom is -0.377 e. The third-order valence-corrected chi connectivity index (χ3v) is 4.29. The van der Waals surface area contributed by atoms with Crippen LogP contribution >= 0.6 is 0 Å². The third kappa shape index (κ3) is 3.89. The van der Waals surface area contributed by atoms with Crippen molar-refractivity contribution < 1.29 is 14.3 Å². The molecule has 0 radical (unpaired) electrons. The Labute approximate surface area is 142 Å². The molecular formula is C20H21NO3. The number of Topliss-reactive ketones (excluding diaryl/α,β-unsaturated/α-hetero) is 1. The van der Waals surface area contributed by atoms with E-state index in [0.717, 1.165) is 5.56 Å². The Bertz CT molecular complexity index is 685. The fourth-order valence-corrected chi connectivity index (χ4v) is 2.99. The molecule has 2 aromatic carbocycles. The lowest BCUT2D eigenvalue weighted by Crippen LogP contribution is -2.43. The van der Waals surface area contributed by atoms with Gasteiger partial charge in [0.05, 0.1) is 19.3 Å². The smallest absolute Gasteiger partial charge is 0.223 e. The molecule has 2 aromatic rings. The number of ketones is 1. The number of ether oxygens (including phenoxy) is 1. The summed E-state index contributed by atoms with van der Waals surface area (Å²) < 4.78 is 5.55. The Morgan fingerprint density at radius 1 is 0.958 bits per heavy atom. The summed E-state index contributed by atoms with van der Waals surface area (Å²) in [7, 11) is 0. The number of nitrogens with zero attached hydrogens (tertiary/aromatic N) is 1. The van der Waals surface area contributed by atoms with Gasteiger partial charge in [0, 0.05) is 24.9 Å². The minimum atomic E-state index is -0.0701. The molecule has 1 amide bonds. The van der Waals surface area contributed by atoms with Crippen molar-refractivity contribution in [2.45, 2.75) is 18.9 Å². The molecular weight excluding hydrogens is 302 g/mol. The van der Waals surface area contributed by atoms with E-state index in [1.807, 2.05) is 53.4 Å². The molecule has 1 saturated heterocycles. The van der Waals surface area contributed by atoms with E-state index in [0.29, 0.717) is 25.3 Å². The first-order chi connectivity index (χ1) is 11.8. The van der Waals surface area contributed by atoms with Gasteiger partial charge in [-0.05, 0) is 5.56 Å². The maximum absolute atomic E-state index is 12.6. The van der Waals surface area contributed by atoms with Crippen molar-refractivity contribution in [2.24, 2.45) is 0 Å². The van der Waals surface area contributed by atoms with Crippen LogP contribution in [0.4, 0.5) is 0 Å². The van der Waals surface area contributed by atoms with Gasteiger partial charge in [-0.1, -0.05) is 60.7 Å². The molecule has 3 rings (SSSR count). The Kier molecular flexibility index (Phi) is 5.39. The molecule has 1 atom stereocenters. The summed E-state index contributed by atoms with van der Waals surface area (Å²) in [5, 5.41) is 0. The van der Waals surface area contributed by atoms with E-state index < -0.39 is 0 Å². The number of morpholine rings is 1. The van der Waals surface area contributed by atoms with Gasteiger partial charge in [0.25, 0.3) is 0 Å². The van der Waals surface area contributed by atoms with E-state index in [9.17, 15) is 9.59 Å². The molecule has 1 aliphatic heterocycles. The fourth-order valence-electron chi connectivity index (χ4n) is 2.99. The average Bonchev–Trinajstić information content (AvgIpc) is 2.67. The van der Waals surface area contributed by atoms with Gasteiger partial charge >= 0.3 is 0 Å². The summed E-state index contributed by atoms with van der Waals surface area (Å²) in [4.78, 5) is 26.7. The van der Waals surface area contributed by atoms with Crippen LogP contribution in [0.1, 0.15) is 34.8 Å². The Balaban J connectivity index is 1.63. The number of benzene rings is 2. The van der Waals surface area contributed by atoms with Crippen LogP contribution in [0.3, 0.4) is 0 Å². The van der Waals surface area contributed by atoms with Crippen LogP contribution in [-0.4, -0.2) is 36.3 Å². The lowest BCUT2D eigenvalue weighted by molar-refractivity contribution is -0.140. The van der Waals surface area contributed by atoms with E-state index >= 15 is 0 Å². The highest BCUT2D eigenvalue weighted by atomic mass is 16.5. The normalized spacial score (nSPS) is 17.5. The molecule has 0 bridgehead atoms. The average molecular weight is 323 g/mol. The van der Waals surface area contributed by atoms with Gasteiger partial charge < -0.3 is 9.64 Å². The first-order valence-corrected chi connectivity index (χ1v) is 8.26. The number of hydrogen-bond acceptors (Lipinski definition) is 3. The number of hydrogen-bond donors (Lipinski definition) is 0. The van der Waals surface area contributed by atoms with Gasteiger partial charge in [-0.25, -0.2) is 0 Å². The molecule has 0 spiro atoms. The Morgan fingerprint density at radius 3 is 2.33 bits per heavy atom. The molecule has 4 heteroatoms. The number of amides is 1. The minimum absolute atomic E-state index is 0.00784. The van der Waals surface area contributed by atoms with Crippen molar-refractivity contribution in [3.8, 4) is 0 Å². The van der Waals surface area contributed by atoms with Crippen molar-refractivity contribution >= 4 is 11.7 Å². The van der Waals surface area contributed by atoms with Crippen molar-refractivity contribution in [1.82, 2.24) is 4.90 Å². The van der Waals surface area contributed by atoms with Crippen LogP contribution < -0.4 is 0 Å². The molecule has 1 heterocycles. The molecule has 1 unspecified atom stereocenters. The number of carbonyl (C=O) groups is 2. The van der Waals surface area contributed by atoms with Crippen molar-refractivity contribution in [1.29, 1.82) is 0 Å². The van der Waals surface area contributed by atoms with Crippen LogP contribution in [0.5, 0.6) is 0 Å². The molecule has 0 saturated carbocycles. The molecule has 4 nitrogen and oxygen atoms in total. The summed E-state index contributed by atoms with van der Waals surface area (Å²) >= 11 is 0. The predicted molar refractivity (Wildman–Crippen MR) is 91.7 cm³/mol. The largest absolute Gasteiger partial charge is 0.377 e. The molecule has 1 aliphatic rings. The third-order valence-electron chi connectivity index (χ3n) is 4.29. The van der Waals surface area contributed by atoms with E-state index in [4.69, 9.17) is 4.74 Å². The summed E-state index contributed by atoms with van der Waals surface area (Å²) in [6.07, 6.45) is 0.471. The highest BCUT2D eigenvalue weighted by molar-refractivity contribution is 5.97. The van der Waals surface area contributed by atoms with Crippen LogP contribution in [0.25, 0.3) is 0 Å². The molecule has 0 aromatic heterocycles. The maximum Gasteiger partial charge on any atom is 0.223 e. The highest BCUT2D eigenvalue weighted by Gasteiger charge is 2.28. The standard InChI is InChI=1S/C20H21NO3/c22-19(17-9-5-2-6-10-17)11-12-20(23)21-13-14-24-15-18(21)16-7-3-1-4-8-16/h1-10,18H,11-15H2. The van der Waals surface area contributed by atoms with Gasteiger partial charge in [-0.15, -0.1) is 0 Å². The second-order valence-electron chi connectivity index (χ2n) is 5.88. The summed E-state index contributed by atoms with van der Waals surface area (Å²) in [6, 6.07) is 18.9. The van der Waals surface area contributed by atoms with E-state index in [1.165, 1.54) is 0 Å². The van der Waals surface area contributed by atoms with E-state index in [2.05, 4.69) is 0 Å². The zero-order chi connectivity index (χ0) is 16.8. The van der Waals surface area contributed by atoms with Gasteiger partial charge in [-0.2, -0.15) is 0 Å². The van der Waals surface area contributed by atoms with Crippen LogP contribution in [-0.2, 0) is 9.53 Å². The van der Waals surface area contributed by atoms with Crippen molar-refractivity contribution in [3.63, 3.8) is 0 Å². The Morgan fingerprint density at radius 2 is 1.62 bits per heavy atom. The monoisotopic (exact) mass is 323 g/mol. The van der Waals surface area contributed by atoms with Crippen LogP contribution in [0.2, 0.25) is 0 Å². The summed E-state index contributed by atoms with van der Waals surface area (Å²) in [5.74, 6) is 0.0184. The van der Waals surface area contributed by atoms with Crippen LogP contribution in [0.15, 0.2) is 60.7 Å². The maximum atomic E-state index is 12.6. The quantitative estimate of drug-likeness (QED) is 0.794. The zero-order valence-electron chi connectivity index (χ0n) is 13.6. The zero-order valence-corrected chi connectivity index (χ0v) is 13.6. The molecule has 0 N–H and O–H groups in total. The van der Waals surface area contributed by atoms with E-state index in [-0.39, 0.29) is 30.6 Å². The number of rotatable bonds is 5. The molecule has 124 valence electrons. The lowest BCUT2D eigenvalue weighted by Gasteiger charge is -2.36. The molecule has 24 heavy (non-hydrogen) atoms. The van der Waals surface area contributed by atoms with Crippen molar-refractivity contribution in [2.75, 3.05) is 19.8 Å². The predicted octanol–water partition coefficient (Wildman–Crippen LogP) is 3.25. The second kappa shape index (κ2) is 7.88. The van der Waals surface area contributed by atoms with Crippen molar-refractivity contribution in [3.05, 3.63) is 71.8 Å². The van der Waals surface area contributed by atoms with Gasteiger partial charge in [0.2, 0.25) is 5.91 Å². The van der Waals surface area contributed by atoms with Crippen LogP contribution in [0, 0.1) is 0 Å². The molecule has 0 aliphatic carbocycles. The SMILES string of the molecule is O=C(CCC(=O)N1CCOCC1c1ccccc1)c1ccccc1.